The number of nitrogens with zero attached hydrogens (tertiary/aromatic N) is 4. The van der Waals surface area contributed by atoms with Crippen molar-refractivity contribution in [1.82, 2.24) is 19.6 Å². The highest BCUT2D eigenvalue weighted by Crippen LogP contribution is 2.15. The molecule has 0 radical (unpaired) electrons. The summed E-state index contributed by atoms with van der Waals surface area (Å²) in [5.41, 5.74) is 0.501. The zero-order valence-corrected chi connectivity index (χ0v) is 11.9. The highest BCUT2D eigenvalue weighted by Gasteiger charge is 2.07. The van der Waals surface area contributed by atoms with Crippen molar-refractivity contribution in [2.24, 2.45) is 0 Å². The van der Waals surface area contributed by atoms with Crippen LogP contribution >= 0.6 is 15.9 Å². The first-order valence-corrected chi connectivity index (χ1v) is 6.59. The number of halogens is 1. The summed E-state index contributed by atoms with van der Waals surface area (Å²) in [6.07, 6.45) is 6.87. The molecule has 2 aromatic heterocycles. The Labute approximate surface area is 118 Å². The van der Waals surface area contributed by atoms with Crippen molar-refractivity contribution in [2.75, 3.05) is 11.9 Å². The summed E-state index contributed by atoms with van der Waals surface area (Å²) in [5, 5.41) is 11.3. The van der Waals surface area contributed by atoms with E-state index in [-0.39, 0.29) is 5.56 Å². The van der Waals surface area contributed by atoms with Crippen LogP contribution in [0.5, 0.6) is 0 Å². The van der Waals surface area contributed by atoms with Crippen molar-refractivity contribution in [2.45, 2.75) is 13.1 Å². The molecule has 0 aliphatic carbocycles. The van der Waals surface area contributed by atoms with E-state index in [9.17, 15) is 4.79 Å². The zero-order chi connectivity index (χ0) is 13.7. The van der Waals surface area contributed by atoms with Crippen molar-refractivity contribution in [3.8, 4) is 0 Å². The lowest BCUT2D eigenvalue weighted by atomic mass is 10.4. The second-order valence-electron chi connectivity index (χ2n) is 3.84. The van der Waals surface area contributed by atoms with Crippen molar-refractivity contribution in [1.29, 1.82) is 0 Å². The van der Waals surface area contributed by atoms with E-state index in [1.807, 2.05) is 16.9 Å². The number of allylic oxidation sites excluding steroid dienone is 1. The average molecular weight is 324 g/mol. The highest BCUT2D eigenvalue weighted by molar-refractivity contribution is 9.10. The van der Waals surface area contributed by atoms with Gasteiger partial charge < -0.3 is 5.32 Å². The van der Waals surface area contributed by atoms with Crippen LogP contribution in [0.4, 0.5) is 5.69 Å². The van der Waals surface area contributed by atoms with E-state index in [4.69, 9.17) is 0 Å². The molecule has 2 heterocycles. The molecular formula is C12H14BrN5O. The largest absolute Gasteiger partial charge is 0.381 e. The third-order valence-electron chi connectivity index (χ3n) is 2.50. The number of anilines is 1. The Balaban J connectivity index is 2.02. The number of rotatable bonds is 6. The summed E-state index contributed by atoms with van der Waals surface area (Å²) in [6.45, 7) is 5.36. The zero-order valence-electron chi connectivity index (χ0n) is 10.3. The van der Waals surface area contributed by atoms with Crippen LogP contribution in [-0.4, -0.2) is 26.1 Å². The molecular weight excluding hydrogens is 310 g/mol. The third kappa shape index (κ3) is 3.31. The summed E-state index contributed by atoms with van der Waals surface area (Å²) in [7, 11) is 0. The summed E-state index contributed by atoms with van der Waals surface area (Å²) >= 11 is 3.29. The van der Waals surface area contributed by atoms with Gasteiger partial charge in [0, 0.05) is 18.9 Å². The Morgan fingerprint density at radius 3 is 3.00 bits per heavy atom. The fourth-order valence-corrected chi connectivity index (χ4v) is 2.03. The minimum Gasteiger partial charge on any atom is -0.381 e. The monoisotopic (exact) mass is 323 g/mol. The van der Waals surface area contributed by atoms with Crippen LogP contribution in [0.2, 0.25) is 0 Å². The first-order chi connectivity index (χ1) is 9.22. The van der Waals surface area contributed by atoms with E-state index in [2.05, 4.69) is 38.0 Å². The smallest absolute Gasteiger partial charge is 0.283 e. The van der Waals surface area contributed by atoms with Gasteiger partial charge in [-0.2, -0.15) is 10.2 Å². The maximum Gasteiger partial charge on any atom is 0.283 e. The van der Waals surface area contributed by atoms with E-state index >= 15 is 0 Å². The molecule has 0 atom stereocenters. The number of nitrogens with one attached hydrogen (secondary N) is 1. The van der Waals surface area contributed by atoms with Gasteiger partial charge in [-0.15, -0.1) is 6.58 Å². The lowest BCUT2D eigenvalue weighted by Gasteiger charge is -2.09. The van der Waals surface area contributed by atoms with Gasteiger partial charge in [-0.3, -0.25) is 9.48 Å². The quantitative estimate of drug-likeness (QED) is 0.818. The first kappa shape index (κ1) is 13.5. The van der Waals surface area contributed by atoms with Gasteiger partial charge in [0.1, 0.15) is 4.47 Å². The van der Waals surface area contributed by atoms with Crippen LogP contribution in [0.25, 0.3) is 0 Å². The molecule has 0 unspecified atom stereocenters. The molecule has 0 aliphatic heterocycles. The normalized spacial score (nSPS) is 10.4. The molecule has 0 bridgehead atoms. The molecule has 0 aliphatic rings. The number of hydrogen-bond donors (Lipinski definition) is 1. The standard InChI is InChI=1S/C12H14BrN5O/c1-2-6-18-12(19)11(13)10(9-16-18)14-5-8-17-7-3-4-15-17/h2-4,7,9,14H,1,5-6,8H2. The summed E-state index contributed by atoms with van der Waals surface area (Å²) in [4.78, 5) is 11.9. The fraction of sp³-hybridized carbons (Fsp3) is 0.250. The Hall–Kier alpha value is -1.89. The maximum absolute atomic E-state index is 11.9. The van der Waals surface area contributed by atoms with Gasteiger partial charge in [-0.05, 0) is 22.0 Å². The molecule has 100 valence electrons. The van der Waals surface area contributed by atoms with Crippen molar-refractivity contribution in [3.63, 3.8) is 0 Å². The molecule has 0 fully saturated rings. The van der Waals surface area contributed by atoms with Crippen LogP contribution in [0.1, 0.15) is 0 Å². The molecule has 19 heavy (non-hydrogen) atoms. The molecule has 7 heteroatoms. The Morgan fingerprint density at radius 1 is 1.47 bits per heavy atom. The van der Waals surface area contributed by atoms with Gasteiger partial charge in [0.25, 0.3) is 5.56 Å². The maximum atomic E-state index is 11.9. The van der Waals surface area contributed by atoms with Crippen molar-refractivity contribution in [3.05, 3.63) is 52.1 Å². The summed E-state index contributed by atoms with van der Waals surface area (Å²) in [5.74, 6) is 0. The fourth-order valence-electron chi connectivity index (χ4n) is 1.58. The van der Waals surface area contributed by atoms with E-state index in [1.54, 1.807) is 18.5 Å². The van der Waals surface area contributed by atoms with Crippen LogP contribution in [-0.2, 0) is 13.1 Å². The van der Waals surface area contributed by atoms with Gasteiger partial charge in [0.2, 0.25) is 0 Å². The SMILES string of the molecule is C=CCn1ncc(NCCn2cccn2)c(Br)c1=O. The minimum absolute atomic E-state index is 0.177. The second kappa shape index (κ2) is 6.33. The predicted molar refractivity (Wildman–Crippen MR) is 77.1 cm³/mol. The molecule has 0 saturated carbocycles. The van der Waals surface area contributed by atoms with Gasteiger partial charge in [-0.25, -0.2) is 4.68 Å². The molecule has 2 aromatic rings. The Morgan fingerprint density at radius 2 is 2.32 bits per heavy atom. The van der Waals surface area contributed by atoms with E-state index in [0.717, 1.165) is 6.54 Å². The van der Waals surface area contributed by atoms with E-state index < -0.39 is 0 Å². The predicted octanol–water partition coefficient (Wildman–Crippen LogP) is 1.50. The molecule has 0 saturated heterocycles. The molecule has 1 N–H and O–H groups in total. The van der Waals surface area contributed by atoms with E-state index in [1.165, 1.54) is 4.68 Å². The summed E-state index contributed by atoms with van der Waals surface area (Å²) < 4.78 is 3.63. The van der Waals surface area contributed by atoms with Crippen LogP contribution in [0, 0.1) is 0 Å². The number of hydrogen-bond acceptors (Lipinski definition) is 4. The summed E-state index contributed by atoms with van der Waals surface area (Å²) in [6, 6.07) is 1.87. The molecule has 6 nitrogen and oxygen atoms in total. The van der Waals surface area contributed by atoms with Crippen molar-refractivity contribution >= 4 is 21.6 Å². The van der Waals surface area contributed by atoms with Crippen LogP contribution in [0.3, 0.4) is 0 Å². The highest BCUT2D eigenvalue weighted by atomic mass is 79.9. The van der Waals surface area contributed by atoms with Crippen LogP contribution in [0.15, 0.2) is 46.6 Å². The Bertz CT molecular complexity index is 605. The molecule has 2 rings (SSSR count). The van der Waals surface area contributed by atoms with Crippen LogP contribution < -0.4 is 10.9 Å². The first-order valence-electron chi connectivity index (χ1n) is 5.80. The topological polar surface area (TPSA) is 64.7 Å². The third-order valence-corrected chi connectivity index (χ3v) is 3.27. The minimum atomic E-state index is -0.177. The lowest BCUT2D eigenvalue weighted by Crippen LogP contribution is -2.24. The van der Waals surface area contributed by atoms with E-state index in [0.29, 0.717) is 23.2 Å². The van der Waals surface area contributed by atoms with Gasteiger partial charge in [0.15, 0.2) is 0 Å². The number of aromatic nitrogens is 4. The second-order valence-corrected chi connectivity index (χ2v) is 4.64. The van der Waals surface area contributed by atoms with Crippen molar-refractivity contribution < 1.29 is 0 Å². The molecule has 0 amide bonds. The molecule has 0 spiro atoms. The average Bonchev–Trinajstić information content (AvgIpc) is 2.91. The van der Waals surface area contributed by atoms with Gasteiger partial charge >= 0.3 is 0 Å². The van der Waals surface area contributed by atoms with Gasteiger partial charge in [0.05, 0.1) is 25.0 Å². The Kier molecular flexibility index (Phi) is 4.51. The lowest BCUT2D eigenvalue weighted by molar-refractivity contribution is 0.632. The molecule has 0 aromatic carbocycles. The van der Waals surface area contributed by atoms with Gasteiger partial charge in [-0.1, -0.05) is 6.08 Å².